The lowest BCUT2D eigenvalue weighted by atomic mass is 10.0. The zero-order valence-corrected chi connectivity index (χ0v) is 17.4. The molecule has 3 amide bonds. The van der Waals surface area contributed by atoms with Crippen molar-refractivity contribution in [2.24, 2.45) is 0 Å². The first-order valence-electron chi connectivity index (χ1n) is 10.1. The molecule has 0 radical (unpaired) electrons. The van der Waals surface area contributed by atoms with Crippen LogP contribution in [-0.4, -0.2) is 60.3 Å². The normalized spacial score (nSPS) is 17.1. The van der Waals surface area contributed by atoms with Crippen LogP contribution in [0.3, 0.4) is 0 Å². The van der Waals surface area contributed by atoms with E-state index in [0.29, 0.717) is 65.5 Å². The molecule has 0 saturated carbocycles. The molecular formula is C22H24FN5O3. The number of piperazine rings is 1. The fourth-order valence-corrected chi connectivity index (χ4v) is 3.98. The Bertz CT molecular complexity index is 1100. The van der Waals surface area contributed by atoms with E-state index in [9.17, 15) is 18.8 Å². The molecule has 31 heavy (non-hydrogen) atoms. The van der Waals surface area contributed by atoms with E-state index in [4.69, 9.17) is 0 Å². The van der Waals surface area contributed by atoms with E-state index in [1.165, 1.54) is 18.2 Å². The maximum atomic E-state index is 13.7. The summed E-state index contributed by atoms with van der Waals surface area (Å²) in [6, 6.07) is 4.13. The van der Waals surface area contributed by atoms with Gasteiger partial charge < -0.3 is 25.8 Å². The predicted molar refractivity (Wildman–Crippen MR) is 115 cm³/mol. The number of carbonyl (C=O) groups is 3. The fourth-order valence-electron chi connectivity index (χ4n) is 3.98. The lowest BCUT2D eigenvalue weighted by molar-refractivity contribution is -0.131. The Balaban J connectivity index is 1.51. The average molecular weight is 425 g/mol. The van der Waals surface area contributed by atoms with E-state index in [2.05, 4.69) is 20.9 Å². The molecule has 0 aliphatic carbocycles. The van der Waals surface area contributed by atoms with Crippen LogP contribution < -0.4 is 16.0 Å². The van der Waals surface area contributed by atoms with E-state index >= 15 is 0 Å². The van der Waals surface area contributed by atoms with Gasteiger partial charge in [0.15, 0.2) is 0 Å². The lowest BCUT2D eigenvalue weighted by Crippen LogP contribution is -2.50. The van der Waals surface area contributed by atoms with Gasteiger partial charge in [0, 0.05) is 48.8 Å². The third kappa shape index (κ3) is 4.09. The van der Waals surface area contributed by atoms with Gasteiger partial charge in [0.05, 0.1) is 17.7 Å². The molecule has 0 atom stereocenters. The van der Waals surface area contributed by atoms with Crippen molar-refractivity contribution in [3.05, 3.63) is 52.1 Å². The van der Waals surface area contributed by atoms with Gasteiger partial charge in [-0.3, -0.25) is 14.4 Å². The number of aryl methyl sites for hydroxylation is 1. The molecule has 4 rings (SSSR count). The number of H-pyrrole nitrogens is 1. The van der Waals surface area contributed by atoms with Crippen molar-refractivity contribution in [3.8, 4) is 0 Å². The number of hydrogen-bond acceptors (Lipinski definition) is 4. The second-order valence-corrected chi connectivity index (χ2v) is 7.68. The highest BCUT2D eigenvalue weighted by Gasteiger charge is 2.26. The summed E-state index contributed by atoms with van der Waals surface area (Å²) in [5.41, 5.74) is 3.85. The number of nitrogens with one attached hydrogen (secondary N) is 4. The van der Waals surface area contributed by atoms with Crippen molar-refractivity contribution >= 4 is 35.1 Å². The predicted octanol–water partition coefficient (Wildman–Crippen LogP) is 1.42. The van der Waals surface area contributed by atoms with Crippen LogP contribution >= 0.6 is 0 Å². The SMILES string of the molecule is Cc1[nH]c(/C=C2\C(=O)Nc3ccc(F)cc32)c(C)c1C(=O)NCCN1CCNCC1=O. The monoisotopic (exact) mass is 425 g/mol. The Kier molecular flexibility index (Phi) is 5.60. The van der Waals surface area contributed by atoms with Crippen LogP contribution in [0.25, 0.3) is 11.6 Å². The molecule has 8 nitrogen and oxygen atoms in total. The number of hydrogen-bond donors (Lipinski definition) is 4. The molecule has 4 N–H and O–H groups in total. The fraction of sp³-hybridized carbons (Fsp3) is 0.318. The minimum Gasteiger partial charge on any atom is -0.358 e. The van der Waals surface area contributed by atoms with Crippen LogP contribution in [0.5, 0.6) is 0 Å². The van der Waals surface area contributed by atoms with Gasteiger partial charge in [0.1, 0.15) is 5.82 Å². The van der Waals surface area contributed by atoms with Gasteiger partial charge in [-0.1, -0.05) is 0 Å². The van der Waals surface area contributed by atoms with E-state index < -0.39 is 5.82 Å². The smallest absolute Gasteiger partial charge is 0.256 e. The summed E-state index contributed by atoms with van der Waals surface area (Å²) < 4.78 is 13.7. The number of fused-ring (bicyclic) bond motifs is 1. The van der Waals surface area contributed by atoms with Gasteiger partial charge in [-0.05, 0) is 43.7 Å². The minimum absolute atomic E-state index is 0.0231. The van der Waals surface area contributed by atoms with E-state index in [1.807, 2.05) is 0 Å². The third-order valence-corrected chi connectivity index (χ3v) is 5.61. The first-order valence-corrected chi connectivity index (χ1v) is 10.1. The largest absolute Gasteiger partial charge is 0.358 e. The topological polar surface area (TPSA) is 106 Å². The zero-order chi connectivity index (χ0) is 22.1. The molecule has 0 spiro atoms. The average Bonchev–Trinajstić information content (AvgIpc) is 3.18. The quantitative estimate of drug-likeness (QED) is 0.544. The van der Waals surface area contributed by atoms with Crippen molar-refractivity contribution in [1.82, 2.24) is 20.5 Å². The number of aromatic nitrogens is 1. The molecule has 9 heteroatoms. The number of aromatic amines is 1. The highest BCUT2D eigenvalue weighted by atomic mass is 19.1. The second kappa shape index (κ2) is 8.35. The molecule has 0 unspecified atom stereocenters. The molecule has 162 valence electrons. The number of anilines is 1. The van der Waals surface area contributed by atoms with Crippen LogP contribution in [0.1, 0.15) is 32.9 Å². The summed E-state index contributed by atoms with van der Waals surface area (Å²) in [7, 11) is 0. The Hall–Kier alpha value is -3.46. The minimum atomic E-state index is -0.427. The van der Waals surface area contributed by atoms with Gasteiger partial charge in [-0.25, -0.2) is 4.39 Å². The molecule has 1 saturated heterocycles. The van der Waals surface area contributed by atoms with Crippen molar-refractivity contribution < 1.29 is 18.8 Å². The molecule has 3 heterocycles. The Morgan fingerprint density at radius 2 is 2.10 bits per heavy atom. The molecule has 2 aliphatic rings. The van der Waals surface area contributed by atoms with Crippen LogP contribution in [-0.2, 0) is 9.59 Å². The number of amides is 3. The number of carbonyl (C=O) groups excluding carboxylic acids is 3. The summed E-state index contributed by atoms with van der Waals surface area (Å²) in [5, 5.41) is 8.59. The van der Waals surface area contributed by atoms with Crippen molar-refractivity contribution in [2.45, 2.75) is 13.8 Å². The second-order valence-electron chi connectivity index (χ2n) is 7.68. The number of rotatable bonds is 5. The summed E-state index contributed by atoms with van der Waals surface area (Å²) in [5.74, 6) is -0.974. The van der Waals surface area contributed by atoms with Crippen LogP contribution in [0.4, 0.5) is 10.1 Å². The van der Waals surface area contributed by atoms with Gasteiger partial charge in [0.25, 0.3) is 11.8 Å². The van der Waals surface area contributed by atoms with E-state index in [-0.39, 0.29) is 17.7 Å². The molecular weight excluding hydrogens is 401 g/mol. The maximum absolute atomic E-state index is 13.7. The van der Waals surface area contributed by atoms with Crippen LogP contribution in [0, 0.1) is 19.7 Å². The van der Waals surface area contributed by atoms with Crippen molar-refractivity contribution in [3.63, 3.8) is 0 Å². The third-order valence-electron chi connectivity index (χ3n) is 5.61. The Morgan fingerprint density at radius 1 is 1.29 bits per heavy atom. The van der Waals surface area contributed by atoms with Gasteiger partial charge >= 0.3 is 0 Å². The summed E-state index contributed by atoms with van der Waals surface area (Å²) in [4.78, 5) is 41.8. The lowest BCUT2D eigenvalue weighted by Gasteiger charge is -2.27. The standard InChI is InChI=1S/C22H24FN5O3/c1-12-18(10-16-15-9-14(23)3-4-17(15)27-21(16)30)26-13(2)20(12)22(31)25-6-8-28-7-5-24-11-19(28)29/h3-4,9-10,24,26H,5-8,11H2,1-2H3,(H,25,31)(H,27,30)/b16-10-. The highest BCUT2D eigenvalue weighted by Crippen LogP contribution is 2.34. The highest BCUT2D eigenvalue weighted by molar-refractivity contribution is 6.34. The van der Waals surface area contributed by atoms with Gasteiger partial charge in [-0.2, -0.15) is 0 Å². The summed E-state index contributed by atoms with van der Waals surface area (Å²) in [6.45, 7) is 6.07. The van der Waals surface area contributed by atoms with Crippen molar-refractivity contribution in [1.29, 1.82) is 0 Å². The number of nitrogens with zero attached hydrogens (tertiary/aromatic N) is 1. The van der Waals surface area contributed by atoms with E-state index in [0.717, 1.165) is 6.54 Å². The zero-order valence-electron chi connectivity index (χ0n) is 17.4. The maximum Gasteiger partial charge on any atom is 0.256 e. The molecule has 1 aromatic heterocycles. The molecule has 1 fully saturated rings. The Labute approximate surface area is 178 Å². The molecule has 1 aromatic carbocycles. The molecule has 0 bridgehead atoms. The number of benzene rings is 1. The summed E-state index contributed by atoms with van der Waals surface area (Å²) in [6.07, 6.45) is 1.64. The van der Waals surface area contributed by atoms with Gasteiger partial charge in [0.2, 0.25) is 5.91 Å². The van der Waals surface area contributed by atoms with Crippen LogP contribution in [0.15, 0.2) is 18.2 Å². The van der Waals surface area contributed by atoms with E-state index in [1.54, 1.807) is 24.8 Å². The number of halogens is 1. The van der Waals surface area contributed by atoms with Crippen LogP contribution in [0.2, 0.25) is 0 Å². The van der Waals surface area contributed by atoms with Gasteiger partial charge in [-0.15, -0.1) is 0 Å². The Morgan fingerprint density at radius 3 is 2.87 bits per heavy atom. The molecule has 2 aliphatic heterocycles. The first kappa shape index (κ1) is 20.8. The first-order chi connectivity index (χ1) is 14.8. The van der Waals surface area contributed by atoms with Crippen molar-refractivity contribution in [2.75, 3.05) is 38.0 Å². The molecule has 2 aromatic rings. The summed E-state index contributed by atoms with van der Waals surface area (Å²) >= 11 is 0.